The van der Waals surface area contributed by atoms with Crippen LogP contribution >= 0.6 is 0 Å². The molecule has 4 bridgehead atoms. The van der Waals surface area contributed by atoms with Gasteiger partial charge in [-0.15, -0.1) is 0 Å². The fraction of sp³-hybridized carbons (Fsp3) is 0.455. The van der Waals surface area contributed by atoms with Crippen molar-refractivity contribution in [2.75, 3.05) is 6.61 Å². The maximum Gasteiger partial charge on any atom is 0.236 e. The number of ether oxygens (including phenoxy) is 1. The fourth-order valence-corrected chi connectivity index (χ4v) is 3.43. The van der Waals surface area contributed by atoms with Gasteiger partial charge in [0.25, 0.3) is 0 Å². The molecular weight excluding hydrogens is 308 g/mol. The highest BCUT2D eigenvalue weighted by Gasteiger charge is 2.32. The van der Waals surface area contributed by atoms with Crippen LogP contribution in [0.25, 0.3) is 0 Å². The third-order valence-electron chi connectivity index (χ3n) is 5.27. The molecule has 4 heterocycles. The number of pyridine rings is 1. The van der Waals surface area contributed by atoms with Crippen LogP contribution in [-0.2, 0) is 30.4 Å². The van der Waals surface area contributed by atoms with E-state index in [-0.39, 0.29) is 11.5 Å². The zero-order valence-electron chi connectivity index (χ0n) is 15.4. The van der Waals surface area contributed by atoms with E-state index in [4.69, 9.17) is 14.7 Å². The smallest absolute Gasteiger partial charge is 0.236 e. The van der Waals surface area contributed by atoms with Crippen LogP contribution < -0.4 is 0 Å². The Morgan fingerprint density at radius 3 is 2.20 bits per heavy atom. The van der Waals surface area contributed by atoms with Crippen LogP contribution in [0, 0.1) is 5.41 Å². The maximum atomic E-state index is 5.98. The monoisotopic (exact) mass is 334 g/mol. The molecule has 2 aromatic rings. The van der Waals surface area contributed by atoms with E-state index in [1.165, 1.54) is 16.7 Å². The highest BCUT2D eigenvalue weighted by atomic mass is 16.5. The molecule has 2 aliphatic carbocycles. The van der Waals surface area contributed by atoms with E-state index in [2.05, 4.69) is 57.2 Å². The van der Waals surface area contributed by atoms with Gasteiger partial charge in [-0.1, -0.05) is 51.1 Å². The van der Waals surface area contributed by atoms with Crippen LogP contribution in [0.1, 0.15) is 48.8 Å². The van der Waals surface area contributed by atoms with Crippen molar-refractivity contribution in [2.45, 2.75) is 52.5 Å². The summed E-state index contributed by atoms with van der Waals surface area (Å²) in [6.45, 7) is 7.30. The minimum Gasteiger partial charge on any atom is -0.474 e. The summed E-state index contributed by atoms with van der Waals surface area (Å²) in [6, 6.07) is 13.6. The molecule has 0 saturated carbocycles. The lowest BCUT2D eigenvalue weighted by Crippen LogP contribution is -2.25. The molecule has 7 rings (SSSR count). The molecule has 0 unspecified atom stereocenters. The molecule has 0 saturated heterocycles. The summed E-state index contributed by atoms with van der Waals surface area (Å²) in [7, 11) is 0. The van der Waals surface area contributed by atoms with Crippen LogP contribution in [0.3, 0.4) is 0 Å². The fourth-order valence-electron chi connectivity index (χ4n) is 3.43. The Morgan fingerprint density at radius 1 is 0.880 bits per heavy atom. The van der Waals surface area contributed by atoms with Crippen molar-refractivity contribution >= 4 is 5.90 Å². The number of nitrogens with zero attached hydrogens (tertiary/aromatic N) is 2. The van der Waals surface area contributed by atoms with Gasteiger partial charge in [-0.25, -0.2) is 9.98 Å². The minimum atomic E-state index is 0.113. The number of aryl methyl sites for hydroxylation is 4. The predicted octanol–water partition coefficient (Wildman–Crippen LogP) is 4.16. The lowest BCUT2D eigenvalue weighted by molar-refractivity contribution is 0.235. The molecule has 0 radical (unpaired) electrons. The van der Waals surface area contributed by atoms with E-state index in [0.29, 0.717) is 6.61 Å². The number of benzene rings is 1. The van der Waals surface area contributed by atoms with Crippen molar-refractivity contribution in [3.8, 4) is 0 Å². The van der Waals surface area contributed by atoms with Gasteiger partial charge in [0.1, 0.15) is 12.3 Å². The first-order chi connectivity index (χ1) is 12.0. The van der Waals surface area contributed by atoms with E-state index in [9.17, 15) is 0 Å². The molecule has 3 heteroatoms. The molecule has 0 N–H and O–H groups in total. The summed E-state index contributed by atoms with van der Waals surface area (Å²) in [6.07, 6.45) is 3.95. The molecule has 3 nitrogen and oxygen atoms in total. The molecule has 3 aliphatic heterocycles. The van der Waals surface area contributed by atoms with Gasteiger partial charge < -0.3 is 4.74 Å². The van der Waals surface area contributed by atoms with Gasteiger partial charge in [0.05, 0.1) is 6.04 Å². The molecule has 130 valence electrons. The Kier molecular flexibility index (Phi) is 4.10. The molecule has 1 aromatic heterocycles. The Labute approximate surface area is 150 Å². The molecule has 1 atom stereocenters. The molecule has 0 amide bonds. The highest BCUT2D eigenvalue weighted by molar-refractivity contribution is 5.94. The third-order valence-corrected chi connectivity index (χ3v) is 5.27. The standard InChI is InChI=1S/C22H26N2O/c1-22(2,3)19-14-25-21(24-19)20-17-10-8-15-4-6-16(7-5-15)9-12-18(23-20)13-11-17/h4-7,11,13,19H,8-10,12,14H2,1-3H3/t19-/m1/s1. The first-order valence-corrected chi connectivity index (χ1v) is 9.27. The first-order valence-electron chi connectivity index (χ1n) is 9.27. The third kappa shape index (κ3) is 3.46. The van der Waals surface area contributed by atoms with Crippen LogP contribution in [0.15, 0.2) is 41.4 Å². The second-order valence-electron chi connectivity index (χ2n) is 8.25. The Bertz CT molecular complexity index is 800. The van der Waals surface area contributed by atoms with Crippen molar-refractivity contribution in [1.29, 1.82) is 0 Å². The quantitative estimate of drug-likeness (QED) is 0.785. The minimum absolute atomic E-state index is 0.113. The summed E-state index contributed by atoms with van der Waals surface area (Å²) in [4.78, 5) is 9.82. The number of hydrogen-bond acceptors (Lipinski definition) is 3. The van der Waals surface area contributed by atoms with E-state index in [0.717, 1.165) is 43.0 Å². The van der Waals surface area contributed by atoms with Crippen molar-refractivity contribution in [3.05, 3.63) is 64.5 Å². The Morgan fingerprint density at radius 2 is 1.56 bits per heavy atom. The van der Waals surface area contributed by atoms with Crippen molar-refractivity contribution in [1.82, 2.24) is 4.98 Å². The number of rotatable bonds is 1. The molecule has 25 heavy (non-hydrogen) atoms. The Balaban J connectivity index is 1.70. The maximum absolute atomic E-state index is 5.98. The van der Waals surface area contributed by atoms with Crippen LogP contribution in [0.4, 0.5) is 0 Å². The largest absolute Gasteiger partial charge is 0.474 e. The zero-order valence-corrected chi connectivity index (χ0v) is 15.4. The predicted molar refractivity (Wildman–Crippen MR) is 101 cm³/mol. The van der Waals surface area contributed by atoms with Gasteiger partial charge in [0.15, 0.2) is 0 Å². The molecule has 0 spiro atoms. The number of aliphatic imine (C=N–C) groups is 1. The second-order valence-corrected chi connectivity index (χ2v) is 8.25. The average molecular weight is 334 g/mol. The zero-order chi connectivity index (χ0) is 17.4. The van der Waals surface area contributed by atoms with Gasteiger partial charge in [-0.05, 0) is 53.9 Å². The van der Waals surface area contributed by atoms with Gasteiger partial charge >= 0.3 is 0 Å². The summed E-state index contributed by atoms with van der Waals surface area (Å²) >= 11 is 0. The van der Waals surface area contributed by atoms with Crippen molar-refractivity contribution < 1.29 is 4.74 Å². The van der Waals surface area contributed by atoms with E-state index in [1.54, 1.807) is 0 Å². The molecule has 1 aromatic carbocycles. The van der Waals surface area contributed by atoms with E-state index in [1.807, 2.05) is 0 Å². The molecule has 0 fully saturated rings. The van der Waals surface area contributed by atoms with Crippen molar-refractivity contribution in [2.24, 2.45) is 10.4 Å². The van der Waals surface area contributed by atoms with Gasteiger partial charge in [0.2, 0.25) is 5.90 Å². The summed E-state index contributed by atoms with van der Waals surface area (Å²) in [5.41, 5.74) is 6.18. The normalized spacial score (nSPS) is 20.0. The van der Waals surface area contributed by atoms with Gasteiger partial charge in [-0.3, -0.25) is 0 Å². The molecular formula is C22H26N2O. The average Bonchev–Trinajstić information content (AvgIpc) is 3.07. The topological polar surface area (TPSA) is 34.5 Å². The SMILES string of the molecule is CC(C)(C)[C@H]1COC(c2nc3ccc2CCc2ccc(cc2)CC3)=N1. The van der Waals surface area contributed by atoms with E-state index < -0.39 is 0 Å². The first kappa shape index (κ1) is 16.3. The van der Waals surface area contributed by atoms with Gasteiger partial charge in [0, 0.05) is 5.69 Å². The van der Waals surface area contributed by atoms with Crippen LogP contribution in [0.5, 0.6) is 0 Å². The lowest BCUT2D eigenvalue weighted by Gasteiger charge is -2.21. The van der Waals surface area contributed by atoms with E-state index >= 15 is 0 Å². The molecule has 5 aliphatic rings. The van der Waals surface area contributed by atoms with Crippen LogP contribution in [-0.4, -0.2) is 23.5 Å². The highest BCUT2D eigenvalue weighted by Crippen LogP contribution is 2.28. The summed E-state index contributed by atoms with van der Waals surface area (Å²) in [5, 5.41) is 0. The Hall–Kier alpha value is -2.16. The van der Waals surface area contributed by atoms with Crippen LogP contribution in [0.2, 0.25) is 0 Å². The number of hydrogen-bond donors (Lipinski definition) is 0. The van der Waals surface area contributed by atoms with Crippen molar-refractivity contribution in [3.63, 3.8) is 0 Å². The summed E-state index contributed by atoms with van der Waals surface area (Å²) < 4.78 is 5.98. The lowest BCUT2D eigenvalue weighted by atomic mass is 9.88. The van der Waals surface area contributed by atoms with Gasteiger partial charge in [-0.2, -0.15) is 0 Å². The second kappa shape index (κ2) is 6.29. The number of aromatic nitrogens is 1. The summed E-state index contributed by atoms with van der Waals surface area (Å²) in [5.74, 6) is 0.739.